The number of nitrogens with one attached hydrogen (secondary N) is 1. The number of carbonyl (C=O) groups excluding carboxylic acids is 2. The molecule has 0 spiro atoms. The van der Waals surface area contributed by atoms with Crippen molar-refractivity contribution in [2.75, 3.05) is 13.7 Å². The Bertz CT molecular complexity index is 799. The van der Waals surface area contributed by atoms with Crippen molar-refractivity contribution in [1.29, 1.82) is 5.26 Å². The molecule has 24 heavy (non-hydrogen) atoms. The van der Waals surface area contributed by atoms with E-state index in [0.717, 1.165) is 16.5 Å². The fourth-order valence-corrected chi connectivity index (χ4v) is 2.38. The monoisotopic (exact) mass is 325 g/mol. The summed E-state index contributed by atoms with van der Waals surface area (Å²) >= 11 is 0. The van der Waals surface area contributed by atoms with Gasteiger partial charge in [-0.05, 0) is 12.1 Å². The van der Waals surface area contributed by atoms with Gasteiger partial charge < -0.3 is 14.6 Å². The van der Waals surface area contributed by atoms with Crippen molar-refractivity contribution in [3.05, 3.63) is 42.1 Å². The molecule has 0 aliphatic carbocycles. The molecule has 1 aromatic heterocycles. The molecule has 6 nitrogen and oxygen atoms in total. The number of para-hydroxylation sites is 1. The molecule has 0 fully saturated rings. The minimum Gasteiger partial charge on any atom is -0.469 e. The highest BCUT2D eigenvalue weighted by atomic mass is 16.5. The summed E-state index contributed by atoms with van der Waals surface area (Å²) < 4.78 is 6.52. The maximum absolute atomic E-state index is 11.8. The number of nitriles is 1. The Morgan fingerprint density at radius 3 is 2.92 bits per heavy atom. The molecule has 1 amide bonds. The van der Waals surface area contributed by atoms with Crippen LogP contribution in [-0.2, 0) is 20.9 Å². The molecule has 124 valence electrons. The number of fused-ring (bicyclic) bond motifs is 1. The summed E-state index contributed by atoms with van der Waals surface area (Å²) in [6.07, 6.45) is 5.67. The average Bonchev–Trinajstić information content (AvgIpc) is 2.96. The SMILES string of the molecule is COC(=O)CCNC(=O)/C=C/c1cn(CCC#N)c2ccccc12. The zero-order chi connectivity index (χ0) is 17.4. The predicted molar refractivity (Wildman–Crippen MR) is 90.8 cm³/mol. The number of esters is 1. The molecular weight excluding hydrogens is 306 g/mol. The van der Waals surface area contributed by atoms with Gasteiger partial charge in [-0.3, -0.25) is 9.59 Å². The third kappa shape index (κ3) is 4.46. The van der Waals surface area contributed by atoms with Gasteiger partial charge in [0, 0.05) is 41.8 Å². The summed E-state index contributed by atoms with van der Waals surface area (Å²) in [5, 5.41) is 12.4. The first-order valence-corrected chi connectivity index (χ1v) is 7.63. The third-order valence-electron chi connectivity index (χ3n) is 3.55. The molecule has 2 rings (SSSR count). The van der Waals surface area contributed by atoms with Crippen LogP contribution < -0.4 is 5.32 Å². The summed E-state index contributed by atoms with van der Waals surface area (Å²) in [4.78, 5) is 22.8. The van der Waals surface area contributed by atoms with E-state index >= 15 is 0 Å². The minimum absolute atomic E-state index is 0.142. The Morgan fingerprint density at radius 2 is 2.17 bits per heavy atom. The third-order valence-corrected chi connectivity index (χ3v) is 3.55. The van der Waals surface area contributed by atoms with Gasteiger partial charge in [0.2, 0.25) is 5.91 Å². The number of hydrogen-bond acceptors (Lipinski definition) is 4. The standard InChI is InChI=1S/C18H19N3O3/c1-24-18(23)9-11-20-17(22)8-7-14-13-21(12-4-10-19)16-6-3-2-5-15(14)16/h2-3,5-8,13H,4,9,11-12H2,1H3,(H,20,22)/b8-7+. The van der Waals surface area contributed by atoms with Gasteiger partial charge in [-0.2, -0.15) is 5.26 Å². The lowest BCUT2D eigenvalue weighted by Crippen LogP contribution is -2.24. The van der Waals surface area contributed by atoms with Gasteiger partial charge in [0.15, 0.2) is 0 Å². The number of methoxy groups -OCH3 is 1. The van der Waals surface area contributed by atoms with Gasteiger partial charge in [0.1, 0.15) is 0 Å². The van der Waals surface area contributed by atoms with Crippen LogP contribution in [0.15, 0.2) is 36.5 Å². The van der Waals surface area contributed by atoms with Crippen molar-refractivity contribution in [2.45, 2.75) is 19.4 Å². The number of aromatic nitrogens is 1. The number of aryl methyl sites for hydroxylation is 1. The molecule has 0 atom stereocenters. The Kier molecular flexibility index (Phi) is 6.15. The first-order valence-electron chi connectivity index (χ1n) is 7.63. The van der Waals surface area contributed by atoms with E-state index in [2.05, 4.69) is 16.1 Å². The van der Waals surface area contributed by atoms with Crippen LogP contribution in [0.25, 0.3) is 17.0 Å². The van der Waals surface area contributed by atoms with Crippen LogP contribution >= 0.6 is 0 Å². The number of amides is 1. The largest absolute Gasteiger partial charge is 0.469 e. The quantitative estimate of drug-likeness (QED) is 0.625. The van der Waals surface area contributed by atoms with E-state index in [1.54, 1.807) is 6.08 Å². The Labute approximate surface area is 140 Å². The van der Waals surface area contributed by atoms with E-state index in [4.69, 9.17) is 5.26 Å². The number of benzene rings is 1. The van der Waals surface area contributed by atoms with Crippen LogP contribution in [0.3, 0.4) is 0 Å². The highest BCUT2D eigenvalue weighted by Gasteiger charge is 2.06. The second kappa shape index (κ2) is 8.53. The molecule has 0 bridgehead atoms. The summed E-state index contributed by atoms with van der Waals surface area (Å²) in [5.74, 6) is -0.632. The number of rotatable bonds is 7. The highest BCUT2D eigenvalue weighted by Crippen LogP contribution is 2.22. The lowest BCUT2D eigenvalue weighted by molar-refractivity contribution is -0.140. The summed E-state index contributed by atoms with van der Waals surface area (Å²) in [7, 11) is 1.31. The second-order valence-electron chi connectivity index (χ2n) is 5.15. The average molecular weight is 325 g/mol. The maximum atomic E-state index is 11.8. The van der Waals surface area contributed by atoms with Gasteiger partial charge >= 0.3 is 5.97 Å². The van der Waals surface area contributed by atoms with Crippen molar-refractivity contribution in [2.24, 2.45) is 0 Å². The van der Waals surface area contributed by atoms with E-state index in [-0.39, 0.29) is 24.8 Å². The molecule has 6 heteroatoms. The van der Waals surface area contributed by atoms with Crippen molar-refractivity contribution in [3.8, 4) is 6.07 Å². The van der Waals surface area contributed by atoms with Crippen LogP contribution in [0.4, 0.5) is 0 Å². The Balaban J connectivity index is 2.07. The van der Waals surface area contributed by atoms with Crippen LogP contribution in [0.5, 0.6) is 0 Å². The van der Waals surface area contributed by atoms with Crippen molar-refractivity contribution in [1.82, 2.24) is 9.88 Å². The van der Waals surface area contributed by atoms with E-state index < -0.39 is 0 Å². The normalized spacial score (nSPS) is 10.7. The van der Waals surface area contributed by atoms with E-state index in [0.29, 0.717) is 13.0 Å². The van der Waals surface area contributed by atoms with Crippen molar-refractivity contribution >= 4 is 28.9 Å². The Morgan fingerprint density at radius 1 is 1.38 bits per heavy atom. The molecule has 0 radical (unpaired) electrons. The second-order valence-corrected chi connectivity index (χ2v) is 5.15. The maximum Gasteiger partial charge on any atom is 0.307 e. The molecule has 0 aliphatic rings. The number of carbonyl (C=O) groups is 2. The fraction of sp³-hybridized carbons (Fsp3) is 0.278. The Hall–Kier alpha value is -3.07. The predicted octanol–water partition coefficient (Wildman–Crippen LogP) is 2.25. The van der Waals surface area contributed by atoms with Crippen molar-refractivity contribution < 1.29 is 14.3 Å². The first-order chi connectivity index (χ1) is 11.7. The van der Waals surface area contributed by atoms with Crippen LogP contribution in [0.2, 0.25) is 0 Å². The molecular formula is C18H19N3O3. The zero-order valence-corrected chi connectivity index (χ0v) is 13.5. The summed E-state index contributed by atoms with van der Waals surface area (Å²) in [6.45, 7) is 0.843. The lowest BCUT2D eigenvalue weighted by atomic mass is 10.1. The number of nitrogens with zero attached hydrogens (tertiary/aromatic N) is 2. The van der Waals surface area contributed by atoms with E-state index in [9.17, 15) is 9.59 Å². The smallest absolute Gasteiger partial charge is 0.307 e. The molecule has 0 unspecified atom stereocenters. The summed E-state index contributed by atoms with van der Waals surface area (Å²) in [6, 6.07) is 9.98. The van der Waals surface area contributed by atoms with Gasteiger partial charge in [0.05, 0.1) is 26.0 Å². The van der Waals surface area contributed by atoms with Gasteiger partial charge in [-0.1, -0.05) is 18.2 Å². The first kappa shape index (κ1) is 17.3. The fourth-order valence-electron chi connectivity index (χ4n) is 2.38. The highest BCUT2D eigenvalue weighted by molar-refractivity contribution is 5.96. The van der Waals surface area contributed by atoms with Crippen LogP contribution in [-0.4, -0.2) is 30.1 Å². The molecule has 0 aliphatic heterocycles. The van der Waals surface area contributed by atoms with Crippen molar-refractivity contribution in [3.63, 3.8) is 0 Å². The van der Waals surface area contributed by atoms with Gasteiger partial charge in [-0.25, -0.2) is 0 Å². The van der Waals surface area contributed by atoms with Gasteiger partial charge in [-0.15, -0.1) is 0 Å². The number of ether oxygens (including phenoxy) is 1. The molecule has 1 heterocycles. The summed E-state index contributed by atoms with van der Waals surface area (Å²) in [5.41, 5.74) is 1.94. The van der Waals surface area contributed by atoms with Crippen LogP contribution in [0, 0.1) is 11.3 Å². The molecule has 1 N–H and O–H groups in total. The molecule has 1 aromatic carbocycles. The van der Waals surface area contributed by atoms with E-state index in [1.807, 2.05) is 35.0 Å². The molecule has 0 saturated heterocycles. The topological polar surface area (TPSA) is 84.1 Å². The molecule has 2 aromatic rings. The lowest BCUT2D eigenvalue weighted by Gasteiger charge is -2.00. The number of hydrogen-bond donors (Lipinski definition) is 1. The van der Waals surface area contributed by atoms with Crippen LogP contribution in [0.1, 0.15) is 18.4 Å². The minimum atomic E-state index is -0.361. The molecule has 0 saturated carbocycles. The van der Waals surface area contributed by atoms with Gasteiger partial charge in [0.25, 0.3) is 0 Å². The van der Waals surface area contributed by atoms with E-state index in [1.165, 1.54) is 13.2 Å². The zero-order valence-electron chi connectivity index (χ0n) is 13.5.